The molecule has 1 aromatic heterocycles. The number of aromatic amines is 1. The van der Waals surface area contributed by atoms with Crippen LogP contribution in [0.5, 0.6) is 0 Å². The number of ether oxygens (including phenoxy) is 1. The normalized spacial score (nSPS) is 10.6. The van der Waals surface area contributed by atoms with E-state index in [2.05, 4.69) is 22.4 Å². The molecule has 0 saturated carbocycles. The first-order valence-corrected chi connectivity index (χ1v) is 12.0. The van der Waals surface area contributed by atoms with E-state index >= 15 is 0 Å². The Bertz CT molecular complexity index is 1180. The van der Waals surface area contributed by atoms with Crippen molar-refractivity contribution in [2.24, 2.45) is 0 Å². The molecule has 0 atom stereocenters. The lowest BCUT2D eigenvalue weighted by molar-refractivity contribution is -0.115. The van der Waals surface area contributed by atoms with E-state index < -0.39 is 0 Å². The molecule has 172 valence electrons. The van der Waals surface area contributed by atoms with Crippen molar-refractivity contribution in [3.05, 3.63) is 90.5 Å². The van der Waals surface area contributed by atoms with E-state index in [1.54, 1.807) is 31.2 Å². The van der Waals surface area contributed by atoms with Gasteiger partial charge in [-0.1, -0.05) is 72.4 Å². The molecule has 0 unspecified atom stereocenters. The molecular formula is C27H25N3O3S. The quantitative estimate of drug-likeness (QED) is 0.230. The maximum absolute atomic E-state index is 12.4. The molecule has 4 aromatic rings. The second-order valence-corrected chi connectivity index (χ2v) is 8.53. The van der Waals surface area contributed by atoms with E-state index in [1.807, 2.05) is 48.5 Å². The van der Waals surface area contributed by atoms with Crippen molar-refractivity contribution in [2.45, 2.75) is 18.5 Å². The Morgan fingerprint density at radius 3 is 2.21 bits per heavy atom. The summed E-state index contributed by atoms with van der Waals surface area (Å²) in [6.07, 6.45) is 0.326. The summed E-state index contributed by atoms with van der Waals surface area (Å²) in [6, 6.07) is 26.8. The van der Waals surface area contributed by atoms with Gasteiger partial charge in [0.1, 0.15) is 0 Å². The van der Waals surface area contributed by atoms with Crippen LogP contribution >= 0.6 is 11.8 Å². The summed E-state index contributed by atoms with van der Waals surface area (Å²) in [5.41, 5.74) is 5.04. The van der Waals surface area contributed by atoms with Crippen LogP contribution in [-0.2, 0) is 9.53 Å². The fourth-order valence-electron chi connectivity index (χ4n) is 3.41. The largest absolute Gasteiger partial charge is 0.462 e. The topological polar surface area (TPSA) is 84.1 Å². The molecule has 4 rings (SSSR count). The lowest BCUT2D eigenvalue weighted by atomic mass is 10.1. The number of carbonyl (C=O) groups excluding carboxylic acids is 2. The molecule has 0 spiro atoms. The summed E-state index contributed by atoms with van der Waals surface area (Å²) in [5, 5.41) is 3.63. The highest BCUT2D eigenvalue weighted by molar-refractivity contribution is 7.99. The van der Waals surface area contributed by atoms with Crippen molar-refractivity contribution < 1.29 is 14.3 Å². The highest BCUT2D eigenvalue weighted by atomic mass is 32.2. The second kappa shape index (κ2) is 11.3. The molecule has 0 fully saturated rings. The molecule has 0 radical (unpaired) electrons. The van der Waals surface area contributed by atoms with Gasteiger partial charge < -0.3 is 15.0 Å². The molecule has 3 aromatic carbocycles. The summed E-state index contributed by atoms with van der Waals surface area (Å²) >= 11 is 1.51. The Labute approximate surface area is 202 Å². The van der Waals surface area contributed by atoms with E-state index in [4.69, 9.17) is 9.72 Å². The third-order valence-electron chi connectivity index (χ3n) is 5.04. The van der Waals surface area contributed by atoms with E-state index in [0.29, 0.717) is 30.0 Å². The van der Waals surface area contributed by atoms with Gasteiger partial charge in [0.15, 0.2) is 5.16 Å². The predicted molar refractivity (Wildman–Crippen MR) is 136 cm³/mol. The predicted octanol–water partition coefficient (Wildman–Crippen LogP) is 6.04. The molecule has 1 heterocycles. The monoisotopic (exact) mass is 471 g/mol. The van der Waals surface area contributed by atoms with E-state index in [0.717, 1.165) is 27.7 Å². The van der Waals surface area contributed by atoms with Gasteiger partial charge in [0.2, 0.25) is 5.91 Å². The molecule has 0 bridgehead atoms. The van der Waals surface area contributed by atoms with Crippen LogP contribution < -0.4 is 5.32 Å². The number of carbonyl (C=O) groups is 2. The number of nitrogens with zero attached hydrogens (tertiary/aromatic N) is 1. The molecule has 6 nitrogen and oxygen atoms in total. The average Bonchev–Trinajstić information content (AvgIpc) is 3.30. The zero-order valence-corrected chi connectivity index (χ0v) is 19.6. The molecule has 0 aliphatic heterocycles. The Kier molecular flexibility index (Phi) is 7.78. The molecule has 1 amide bonds. The average molecular weight is 472 g/mol. The number of anilines is 1. The molecule has 2 N–H and O–H groups in total. The molecule has 7 heteroatoms. The first-order chi connectivity index (χ1) is 16.6. The number of benzene rings is 3. The summed E-state index contributed by atoms with van der Waals surface area (Å²) < 4.78 is 4.97. The number of thioether (sulfide) groups is 1. The Morgan fingerprint density at radius 1 is 0.912 bits per heavy atom. The van der Waals surface area contributed by atoms with Crippen LogP contribution in [0.3, 0.4) is 0 Å². The zero-order valence-electron chi connectivity index (χ0n) is 18.8. The van der Waals surface area contributed by atoms with Crippen LogP contribution in [0.15, 0.2) is 90.1 Å². The van der Waals surface area contributed by atoms with Crippen molar-refractivity contribution in [1.29, 1.82) is 0 Å². The maximum atomic E-state index is 12.4. The van der Waals surface area contributed by atoms with Gasteiger partial charge in [-0.3, -0.25) is 4.79 Å². The third kappa shape index (κ3) is 5.94. The third-order valence-corrected chi connectivity index (χ3v) is 5.91. The molecular weight excluding hydrogens is 446 g/mol. The number of esters is 1. The van der Waals surface area contributed by atoms with Crippen molar-refractivity contribution in [3.8, 4) is 22.5 Å². The van der Waals surface area contributed by atoms with Crippen molar-refractivity contribution in [2.75, 3.05) is 17.7 Å². The van der Waals surface area contributed by atoms with Crippen molar-refractivity contribution >= 4 is 29.3 Å². The minimum atomic E-state index is -0.375. The number of amides is 1. The van der Waals surface area contributed by atoms with E-state index in [9.17, 15) is 9.59 Å². The number of nitrogens with one attached hydrogen (secondary N) is 2. The van der Waals surface area contributed by atoms with Crippen LogP contribution in [0.4, 0.5) is 5.69 Å². The van der Waals surface area contributed by atoms with E-state index in [1.165, 1.54) is 11.8 Å². The first kappa shape index (κ1) is 23.3. The summed E-state index contributed by atoms with van der Waals surface area (Å²) in [7, 11) is 0. The lowest BCUT2D eigenvalue weighted by Gasteiger charge is -2.06. The first-order valence-electron chi connectivity index (χ1n) is 11.0. The minimum Gasteiger partial charge on any atom is -0.462 e. The minimum absolute atomic E-state index is 0.102. The maximum Gasteiger partial charge on any atom is 0.338 e. The standard InChI is InChI=1S/C27H25N3O3S/c1-2-33-26(32)21-13-15-22(16-14-21)28-23(31)17-18-34-27-29-24(19-9-5-3-6-10-19)25(30-27)20-11-7-4-8-12-20/h3-16H,2,17-18H2,1H3,(H,28,31)(H,29,30). The van der Waals surface area contributed by atoms with Gasteiger partial charge in [0.25, 0.3) is 0 Å². The van der Waals surface area contributed by atoms with Crippen LogP contribution in [0.1, 0.15) is 23.7 Å². The van der Waals surface area contributed by atoms with Gasteiger partial charge in [0.05, 0.1) is 23.6 Å². The highest BCUT2D eigenvalue weighted by Crippen LogP contribution is 2.32. The Hall–Kier alpha value is -3.84. The van der Waals surface area contributed by atoms with Crippen LogP contribution in [-0.4, -0.2) is 34.2 Å². The van der Waals surface area contributed by atoms with Gasteiger partial charge >= 0.3 is 5.97 Å². The molecule has 0 aliphatic rings. The van der Waals surface area contributed by atoms with E-state index in [-0.39, 0.29) is 11.9 Å². The fourth-order valence-corrected chi connectivity index (χ4v) is 4.22. The van der Waals surface area contributed by atoms with Gasteiger partial charge in [-0.2, -0.15) is 0 Å². The SMILES string of the molecule is CCOC(=O)c1ccc(NC(=O)CCSc2nc(-c3ccccc3)c(-c3ccccc3)[nH]2)cc1. The highest BCUT2D eigenvalue weighted by Gasteiger charge is 2.15. The number of rotatable bonds is 9. The fraction of sp³-hybridized carbons (Fsp3) is 0.148. The van der Waals surface area contributed by atoms with Crippen molar-refractivity contribution in [1.82, 2.24) is 9.97 Å². The van der Waals surface area contributed by atoms with Gasteiger partial charge in [-0.05, 0) is 31.2 Å². The van der Waals surface area contributed by atoms with Gasteiger partial charge in [0, 0.05) is 29.0 Å². The molecule has 0 saturated heterocycles. The van der Waals surface area contributed by atoms with Crippen LogP contribution in [0.2, 0.25) is 0 Å². The van der Waals surface area contributed by atoms with Crippen LogP contribution in [0.25, 0.3) is 22.5 Å². The van der Waals surface area contributed by atoms with Crippen molar-refractivity contribution in [3.63, 3.8) is 0 Å². The van der Waals surface area contributed by atoms with Crippen LogP contribution in [0, 0.1) is 0 Å². The number of imidazole rings is 1. The van der Waals surface area contributed by atoms with Gasteiger partial charge in [-0.25, -0.2) is 9.78 Å². The lowest BCUT2D eigenvalue weighted by Crippen LogP contribution is -2.12. The number of H-pyrrole nitrogens is 1. The molecule has 34 heavy (non-hydrogen) atoms. The number of aromatic nitrogens is 2. The number of hydrogen-bond donors (Lipinski definition) is 2. The number of hydrogen-bond acceptors (Lipinski definition) is 5. The summed E-state index contributed by atoms with van der Waals surface area (Å²) in [4.78, 5) is 32.4. The smallest absolute Gasteiger partial charge is 0.338 e. The zero-order chi connectivity index (χ0) is 23.8. The van der Waals surface area contributed by atoms with Gasteiger partial charge in [-0.15, -0.1) is 0 Å². The Morgan fingerprint density at radius 2 is 1.56 bits per heavy atom. The Balaban J connectivity index is 1.38. The summed E-state index contributed by atoms with van der Waals surface area (Å²) in [5.74, 6) is 0.0948. The summed E-state index contributed by atoms with van der Waals surface area (Å²) in [6.45, 7) is 2.09. The second-order valence-electron chi connectivity index (χ2n) is 7.44. The molecule has 0 aliphatic carbocycles.